The van der Waals surface area contributed by atoms with Gasteiger partial charge in [0.05, 0.1) is 23.1 Å². The fourth-order valence-corrected chi connectivity index (χ4v) is 3.16. The summed E-state index contributed by atoms with van der Waals surface area (Å²) in [6, 6.07) is 1.88. The second kappa shape index (κ2) is 4.40. The Balaban J connectivity index is 2.16. The normalized spacial score (nSPS) is 19.7. The number of ether oxygens (including phenoxy) is 2. The van der Waals surface area contributed by atoms with E-state index in [1.807, 2.05) is 13.0 Å². The molecule has 0 bridgehead atoms. The van der Waals surface area contributed by atoms with E-state index in [1.165, 1.54) is 0 Å². The van der Waals surface area contributed by atoms with Crippen LogP contribution in [0.15, 0.2) is 10.5 Å². The quantitative estimate of drug-likeness (QED) is 0.907. The SMILES string of the molecule is Cc1c(C2(C(=O)O)CC2)cc(Br)c2c1OCCCO2. The minimum absolute atomic E-state index is 0.601. The second-order valence-corrected chi connectivity index (χ2v) is 5.98. The number of hydrogen-bond donors (Lipinski definition) is 1. The number of rotatable bonds is 2. The van der Waals surface area contributed by atoms with E-state index >= 15 is 0 Å². The molecule has 1 aromatic rings. The van der Waals surface area contributed by atoms with Gasteiger partial charge in [0.15, 0.2) is 11.5 Å². The van der Waals surface area contributed by atoms with E-state index in [0.29, 0.717) is 37.6 Å². The third-order valence-corrected chi connectivity index (χ3v) is 4.48. The van der Waals surface area contributed by atoms with Crippen LogP contribution in [-0.4, -0.2) is 24.3 Å². The van der Waals surface area contributed by atoms with Gasteiger partial charge in [0.25, 0.3) is 0 Å². The van der Waals surface area contributed by atoms with Crippen LogP contribution in [0.5, 0.6) is 11.5 Å². The van der Waals surface area contributed by atoms with Crippen LogP contribution in [0, 0.1) is 6.92 Å². The van der Waals surface area contributed by atoms with Crippen molar-refractivity contribution in [3.63, 3.8) is 0 Å². The lowest BCUT2D eigenvalue weighted by atomic mass is 9.91. The number of benzene rings is 1. The molecule has 1 saturated carbocycles. The molecule has 1 heterocycles. The first-order chi connectivity index (χ1) is 9.06. The first-order valence-corrected chi connectivity index (χ1v) is 7.18. The Bertz CT molecular complexity index is 549. The zero-order valence-electron chi connectivity index (χ0n) is 10.7. The van der Waals surface area contributed by atoms with Gasteiger partial charge < -0.3 is 14.6 Å². The average molecular weight is 327 g/mol. The number of carboxylic acid groups (broad SMARTS) is 1. The Morgan fingerprint density at radius 2 is 1.95 bits per heavy atom. The molecule has 0 atom stereocenters. The van der Waals surface area contributed by atoms with Crippen molar-refractivity contribution in [2.45, 2.75) is 31.6 Å². The van der Waals surface area contributed by atoms with E-state index < -0.39 is 11.4 Å². The number of carbonyl (C=O) groups is 1. The summed E-state index contributed by atoms with van der Waals surface area (Å²) < 4.78 is 12.2. The fourth-order valence-electron chi connectivity index (χ4n) is 2.64. The second-order valence-electron chi connectivity index (χ2n) is 5.13. The summed E-state index contributed by atoms with van der Waals surface area (Å²) in [6.45, 7) is 3.14. The lowest BCUT2D eigenvalue weighted by molar-refractivity contribution is -0.140. The Labute approximate surface area is 119 Å². The van der Waals surface area contributed by atoms with Crippen LogP contribution in [0.4, 0.5) is 0 Å². The first-order valence-electron chi connectivity index (χ1n) is 6.39. The van der Waals surface area contributed by atoms with Gasteiger partial charge in [-0.2, -0.15) is 0 Å². The number of carboxylic acids is 1. The van der Waals surface area contributed by atoms with Gasteiger partial charge in [-0.3, -0.25) is 4.79 Å². The summed E-state index contributed by atoms with van der Waals surface area (Å²) in [5.74, 6) is 0.631. The van der Waals surface area contributed by atoms with E-state index in [4.69, 9.17) is 9.47 Å². The molecular weight excluding hydrogens is 312 g/mol. The highest BCUT2D eigenvalue weighted by molar-refractivity contribution is 9.10. The predicted molar refractivity (Wildman–Crippen MR) is 73.0 cm³/mol. The third-order valence-electron chi connectivity index (χ3n) is 3.90. The van der Waals surface area contributed by atoms with Crippen molar-refractivity contribution in [1.82, 2.24) is 0 Å². The Hall–Kier alpha value is -1.23. The van der Waals surface area contributed by atoms with Gasteiger partial charge in [0.1, 0.15) is 0 Å². The van der Waals surface area contributed by atoms with Crippen molar-refractivity contribution < 1.29 is 19.4 Å². The van der Waals surface area contributed by atoms with Gasteiger partial charge in [-0.05, 0) is 52.9 Å². The Kier molecular flexibility index (Phi) is 2.96. The third kappa shape index (κ3) is 1.91. The molecule has 1 aliphatic carbocycles. The number of halogens is 1. The first kappa shape index (κ1) is 12.8. The van der Waals surface area contributed by atoms with Crippen molar-refractivity contribution in [2.24, 2.45) is 0 Å². The molecule has 0 amide bonds. The summed E-state index contributed by atoms with van der Waals surface area (Å²) >= 11 is 3.47. The summed E-state index contributed by atoms with van der Waals surface area (Å²) in [7, 11) is 0. The molecule has 3 rings (SSSR count). The van der Waals surface area contributed by atoms with E-state index in [1.54, 1.807) is 0 Å². The molecule has 1 aliphatic heterocycles. The van der Waals surface area contributed by atoms with Crippen LogP contribution >= 0.6 is 15.9 Å². The van der Waals surface area contributed by atoms with Gasteiger partial charge in [0, 0.05) is 6.42 Å². The molecular formula is C14H15BrO4. The molecule has 0 radical (unpaired) electrons. The van der Waals surface area contributed by atoms with Crippen LogP contribution in [0.3, 0.4) is 0 Å². The predicted octanol–water partition coefficient (Wildman–Crippen LogP) is 3.04. The lowest BCUT2D eigenvalue weighted by Gasteiger charge is -2.19. The fraction of sp³-hybridized carbons (Fsp3) is 0.500. The molecule has 0 unspecified atom stereocenters. The van der Waals surface area contributed by atoms with Gasteiger partial charge in [-0.1, -0.05) is 0 Å². The van der Waals surface area contributed by atoms with E-state index in [0.717, 1.165) is 22.0 Å². The van der Waals surface area contributed by atoms with E-state index in [2.05, 4.69) is 15.9 Å². The van der Waals surface area contributed by atoms with E-state index in [-0.39, 0.29) is 0 Å². The van der Waals surface area contributed by atoms with Crippen LogP contribution in [0.1, 0.15) is 30.4 Å². The van der Waals surface area contributed by atoms with Crippen LogP contribution in [0.25, 0.3) is 0 Å². The van der Waals surface area contributed by atoms with Crippen LogP contribution in [-0.2, 0) is 10.2 Å². The highest BCUT2D eigenvalue weighted by atomic mass is 79.9. The largest absolute Gasteiger partial charge is 0.489 e. The highest BCUT2D eigenvalue weighted by Crippen LogP contribution is 2.54. The molecule has 102 valence electrons. The van der Waals surface area contributed by atoms with Crippen molar-refractivity contribution >= 4 is 21.9 Å². The minimum Gasteiger partial charge on any atom is -0.489 e. The lowest BCUT2D eigenvalue weighted by Crippen LogP contribution is -2.21. The maximum absolute atomic E-state index is 11.5. The standard InChI is InChI=1S/C14H15BrO4/c1-8-9(14(3-4-14)13(16)17)7-10(15)12-11(8)18-5-2-6-19-12/h7H,2-6H2,1H3,(H,16,17). The van der Waals surface area contributed by atoms with Crippen molar-refractivity contribution in [3.8, 4) is 11.5 Å². The summed E-state index contributed by atoms with van der Waals surface area (Å²) in [4.78, 5) is 11.5. The Morgan fingerprint density at radius 3 is 2.53 bits per heavy atom. The summed E-state index contributed by atoms with van der Waals surface area (Å²) in [5, 5.41) is 9.44. The topological polar surface area (TPSA) is 55.8 Å². The van der Waals surface area contributed by atoms with Gasteiger partial charge in [-0.25, -0.2) is 0 Å². The van der Waals surface area contributed by atoms with Gasteiger partial charge in [-0.15, -0.1) is 0 Å². The van der Waals surface area contributed by atoms with Gasteiger partial charge in [0.2, 0.25) is 0 Å². The summed E-state index contributed by atoms with van der Waals surface area (Å²) in [5.41, 5.74) is 1.01. The Morgan fingerprint density at radius 1 is 1.32 bits per heavy atom. The van der Waals surface area contributed by atoms with E-state index in [9.17, 15) is 9.90 Å². The number of fused-ring (bicyclic) bond motifs is 1. The molecule has 0 aromatic heterocycles. The molecule has 1 aromatic carbocycles. The van der Waals surface area contributed by atoms with Crippen molar-refractivity contribution in [3.05, 3.63) is 21.7 Å². The van der Waals surface area contributed by atoms with Crippen LogP contribution in [0.2, 0.25) is 0 Å². The highest BCUT2D eigenvalue weighted by Gasteiger charge is 2.53. The maximum Gasteiger partial charge on any atom is 0.314 e. The number of hydrogen-bond acceptors (Lipinski definition) is 3. The minimum atomic E-state index is -0.753. The zero-order chi connectivity index (χ0) is 13.6. The molecule has 2 aliphatic rings. The van der Waals surface area contributed by atoms with Crippen molar-refractivity contribution in [2.75, 3.05) is 13.2 Å². The average Bonchev–Trinajstić information content (AvgIpc) is 3.16. The molecule has 1 N–H and O–H groups in total. The smallest absolute Gasteiger partial charge is 0.314 e. The molecule has 4 nitrogen and oxygen atoms in total. The van der Waals surface area contributed by atoms with Crippen LogP contribution < -0.4 is 9.47 Å². The van der Waals surface area contributed by atoms with Crippen molar-refractivity contribution in [1.29, 1.82) is 0 Å². The van der Waals surface area contributed by atoms with Gasteiger partial charge >= 0.3 is 5.97 Å². The molecule has 5 heteroatoms. The molecule has 1 fully saturated rings. The summed E-state index contributed by atoms with van der Waals surface area (Å²) in [6.07, 6.45) is 2.21. The monoisotopic (exact) mass is 326 g/mol. The number of aliphatic carboxylic acids is 1. The molecule has 19 heavy (non-hydrogen) atoms. The molecule has 0 spiro atoms. The molecule has 0 saturated heterocycles. The zero-order valence-corrected chi connectivity index (χ0v) is 12.2. The maximum atomic E-state index is 11.5.